The summed E-state index contributed by atoms with van der Waals surface area (Å²) < 4.78 is 17.4. The first-order chi connectivity index (χ1) is 11.0. The van der Waals surface area contributed by atoms with Crippen LogP contribution in [0.15, 0.2) is 15.8 Å². The zero-order valence-electron chi connectivity index (χ0n) is 12.7. The Morgan fingerprint density at radius 2 is 2.30 bits per heavy atom. The van der Waals surface area contributed by atoms with Crippen molar-refractivity contribution < 1.29 is 19.0 Å². The van der Waals surface area contributed by atoms with Crippen molar-refractivity contribution in [1.29, 1.82) is 0 Å². The summed E-state index contributed by atoms with van der Waals surface area (Å²) in [6.07, 6.45) is 1.74. The van der Waals surface area contributed by atoms with Gasteiger partial charge in [-0.05, 0) is 26.3 Å². The van der Waals surface area contributed by atoms with Crippen molar-refractivity contribution in [2.24, 2.45) is 0 Å². The Kier molecular flexibility index (Phi) is 4.60. The summed E-state index contributed by atoms with van der Waals surface area (Å²) >= 11 is 0. The average molecular weight is 325 g/mol. The second kappa shape index (κ2) is 6.65. The maximum atomic E-state index is 11.8. The molecule has 1 aromatic rings. The number of rotatable bonds is 4. The van der Waals surface area contributed by atoms with Gasteiger partial charge in [0.15, 0.2) is 12.5 Å². The Balaban J connectivity index is 1.56. The number of aryl methyl sites for hydroxylation is 1. The van der Waals surface area contributed by atoms with E-state index in [1.165, 1.54) is 10.8 Å². The van der Waals surface area contributed by atoms with Gasteiger partial charge in [0.25, 0.3) is 5.56 Å². The fourth-order valence-electron chi connectivity index (χ4n) is 2.61. The van der Waals surface area contributed by atoms with Gasteiger partial charge in [-0.1, -0.05) is 0 Å². The third-order valence-electron chi connectivity index (χ3n) is 3.90. The number of aromatic nitrogens is 2. The standard InChI is InChI=1S/C14H19N3O6/c1-8-5-17(14(20)16-12(8)18)10-6-21-11(23-10)7-22-13(19)9-3-2-4-15-9/h5,9-11,15H,2-4,6-7H2,1H3,(H,16,18,20)/t9-,10?,11?/m0/s1. The summed E-state index contributed by atoms with van der Waals surface area (Å²) in [7, 11) is 0. The molecular weight excluding hydrogens is 306 g/mol. The van der Waals surface area contributed by atoms with Gasteiger partial charge in [0.1, 0.15) is 12.6 Å². The molecule has 0 aliphatic carbocycles. The highest BCUT2D eigenvalue weighted by atomic mass is 16.7. The Hall–Kier alpha value is -1.97. The molecule has 0 spiro atoms. The van der Waals surface area contributed by atoms with Gasteiger partial charge in [0, 0.05) is 11.8 Å². The number of esters is 1. The first-order valence-corrected chi connectivity index (χ1v) is 7.54. The van der Waals surface area contributed by atoms with Crippen LogP contribution in [0.1, 0.15) is 24.6 Å². The first kappa shape index (κ1) is 15.9. The number of ether oxygens (including phenoxy) is 3. The van der Waals surface area contributed by atoms with Crippen molar-refractivity contribution in [3.63, 3.8) is 0 Å². The number of carbonyl (C=O) groups excluding carboxylic acids is 1. The topological polar surface area (TPSA) is 112 Å². The quantitative estimate of drug-likeness (QED) is 0.684. The number of nitrogens with one attached hydrogen (secondary N) is 2. The van der Waals surface area contributed by atoms with E-state index in [1.807, 2.05) is 0 Å². The summed E-state index contributed by atoms with van der Waals surface area (Å²) in [5, 5.41) is 3.05. The molecule has 0 bridgehead atoms. The van der Waals surface area contributed by atoms with E-state index >= 15 is 0 Å². The Labute approximate surface area is 131 Å². The van der Waals surface area contributed by atoms with Crippen molar-refractivity contribution in [2.45, 2.75) is 38.3 Å². The lowest BCUT2D eigenvalue weighted by Crippen LogP contribution is -2.35. The normalized spacial score (nSPS) is 27.3. The van der Waals surface area contributed by atoms with Gasteiger partial charge in [-0.3, -0.25) is 19.1 Å². The highest BCUT2D eigenvalue weighted by Gasteiger charge is 2.31. The summed E-state index contributed by atoms with van der Waals surface area (Å²) in [6, 6.07) is -0.267. The Morgan fingerprint density at radius 1 is 1.48 bits per heavy atom. The van der Waals surface area contributed by atoms with Gasteiger partial charge < -0.3 is 19.5 Å². The van der Waals surface area contributed by atoms with Crippen molar-refractivity contribution >= 4 is 5.97 Å². The number of hydrogen-bond acceptors (Lipinski definition) is 7. The van der Waals surface area contributed by atoms with Crippen LogP contribution in [-0.4, -0.2) is 47.6 Å². The minimum atomic E-state index is -0.732. The lowest BCUT2D eigenvalue weighted by Gasteiger charge is -2.15. The van der Waals surface area contributed by atoms with Crippen molar-refractivity contribution in [3.8, 4) is 0 Å². The van der Waals surface area contributed by atoms with Gasteiger partial charge >= 0.3 is 11.7 Å². The van der Waals surface area contributed by atoms with Crippen molar-refractivity contribution in [1.82, 2.24) is 14.9 Å². The van der Waals surface area contributed by atoms with Crippen LogP contribution in [-0.2, 0) is 19.0 Å². The maximum Gasteiger partial charge on any atom is 0.330 e. The van der Waals surface area contributed by atoms with Gasteiger partial charge in [0.2, 0.25) is 0 Å². The summed E-state index contributed by atoms with van der Waals surface area (Å²) in [6.45, 7) is 2.51. The molecule has 23 heavy (non-hydrogen) atoms. The molecule has 1 aromatic heterocycles. The van der Waals surface area contributed by atoms with Crippen LogP contribution < -0.4 is 16.6 Å². The summed E-state index contributed by atoms with van der Waals surface area (Å²) in [4.78, 5) is 37.2. The Bertz CT molecular complexity index is 690. The largest absolute Gasteiger partial charge is 0.459 e. The first-order valence-electron chi connectivity index (χ1n) is 7.54. The number of hydrogen-bond donors (Lipinski definition) is 2. The number of aromatic amines is 1. The molecular formula is C14H19N3O6. The molecule has 9 nitrogen and oxygen atoms in total. The molecule has 3 atom stereocenters. The molecule has 126 valence electrons. The molecule has 2 N–H and O–H groups in total. The minimum absolute atomic E-state index is 0.0371. The van der Waals surface area contributed by atoms with E-state index in [9.17, 15) is 14.4 Å². The predicted molar refractivity (Wildman–Crippen MR) is 77.9 cm³/mol. The van der Waals surface area contributed by atoms with Crippen LogP contribution in [0.5, 0.6) is 0 Å². The van der Waals surface area contributed by atoms with E-state index in [4.69, 9.17) is 14.2 Å². The third kappa shape index (κ3) is 3.52. The molecule has 2 unspecified atom stereocenters. The second-order valence-electron chi connectivity index (χ2n) is 5.61. The molecule has 2 fully saturated rings. The smallest absolute Gasteiger partial charge is 0.330 e. The van der Waals surface area contributed by atoms with Crippen LogP contribution >= 0.6 is 0 Å². The molecule has 3 rings (SSSR count). The van der Waals surface area contributed by atoms with Crippen LogP contribution in [0.3, 0.4) is 0 Å². The molecule has 0 aromatic carbocycles. The summed E-state index contributed by atoms with van der Waals surface area (Å²) in [5.41, 5.74) is -0.600. The molecule has 9 heteroatoms. The Morgan fingerprint density at radius 3 is 3.04 bits per heavy atom. The predicted octanol–water partition coefficient (Wildman–Crippen LogP) is -0.988. The number of carbonyl (C=O) groups is 1. The van der Waals surface area contributed by atoms with Crippen molar-refractivity contribution in [3.05, 3.63) is 32.6 Å². The van der Waals surface area contributed by atoms with E-state index in [0.717, 1.165) is 19.4 Å². The van der Waals surface area contributed by atoms with Crippen LogP contribution in [0.25, 0.3) is 0 Å². The van der Waals surface area contributed by atoms with Gasteiger partial charge in [-0.2, -0.15) is 0 Å². The fourth-order valence-corrected chi connectivity index (χ4v) is 2.61. The molecule has 2 aliphatic heterocycles. The van der Waals surface area contributed by atoms with E-state index in [2.05, 4.69) is 10.3 Å². The zero-order valence-corrected chi connectivity index (χ0v) is 12.7. The van der Waals surface area contributed by atoms with Gasteiger partial charge in [-0.15, -0.1) is 0 Å². The van der Waals surface area contributed by atoms with E-state index in [1.54, 1.807) is 6.92 Å². The minimum Gasteiger partial charge on any atom is -0.459 e. The lowest BCUT2D eigenvalue weighted by molar-refractivity contribution is -0.161. The molecule has 3 heterocycles. The van der Waals surface area contributed by atoms with E-state index in [-0.39, 0.29) is 25.2 Å². The monoisotopic (exact) mass is 325 g/mol. The van der Waals surface area contributed by atoms with Crippen LogP contribution in [0.2, 0.25) is 0 Å². The molecule has 2 saturated heterocycles. The van der Waals surface area contributed by atoms with Crippen LogP contribution in [0, 0.1) is 6.92 Å². The number of nitrogens with zero attached hydrogens (tertiary/aromatic N) is 1. The highest BCUT2D eigenvalue weighted by molar-refractivity contribution is 5.76. The molecule has 2 aliphatic rings. The van der Waals surface area contributed by atoms with Crippen molar-refractivity contribution in [2.75, 3.05) is 19.8 Å². The third-order valence-corrected chi connectivity index (χ3v) is 3.90. The summed E-state index contributed by atoms with van der Waals surface area (Å²) in [5.74, 6) is -0.324. The van der Waals surface area contributed by atoms with E-state index in [0.29, 0.717) is 5.56 Å². The highest BCUT2D eigenvalue weighted by Crippen LogP contribution is 2.20. The SMILES string of the molecule is Cc1cn(C2COC(COC(=O)[C@@H]3CCCN3)O2)c(=O)[nH]c1=O. The fraction of sp³-hybridized carbons (Fsp3) is 0.643. The average Bonchev–Trinajstić information content (AvgIpc) is 3.20. The maximum absolute atomic E-state index is 11.8. The molecule has 0 saturated carbocycles. The lowest BCUT2D eigenvalue weighted by atomic mass is 10.2. The zero-order chi connectivity index (χ0) is 16.4. The molecule has 0 radical (unpaired) electrons. The van der Waals surface area contributed by atoms with Gasteiger partial charge in [-0.25, -0.2) is 4.79 Å². The number of H-pyrrole nitrogens is 1. The molecule has 0 amide bonds. The van der Waals surface area contributed by atoms with E-state index < -0.39 is 23.8 Å². The second-order valence-corrected chi connectivity index (χ2v) is 5.61. The van der Waals surface area contributed by atoms with Crippen LogP contribution in [0.4, 0.5) is 0 Å². The van der Waals surface area contributed by atoms with Gasteiger partial charge in [0.05, 0.1) is 6.61 Å².